The Morgan fingerprint density at radius 3 is 2.38 bits per heavy atom. The van der Waals surface area contributed by atoms with Gasteiger partial charge in [-0.1, -0.05) is 12.1 Å². The summed E-state index contributed by atoms with van der Waals surface area (Å²) in [6.45, 7) is -0.697. The van der Waals surface area contributed by atoms with Gasteiger partial charge in [-0.2, -0.15) is 0 Å². The number of carbonyl (C=O) groups is 2. The lowest BCUT2D eigenvalue weighted by atomic mass is 10.1. The van der Waals surface area contributed by atoms with Gasteiger partial charge in [0.25, 0.3) is 5.91 Å². The molecular weight excluding hydrogens is 214 g/mol. The summed E-state index contributed by atoms with van der Waals surface area (Å²) >= 11 is 0. The summed E-state index contributed by atoms with van der Waals surface area (Å²) in [6.07, 6.45) is 0. The maximum Gasteiger partial charge on any atom is 0.332 e. The summed E-state index contributed by atoms with van der Waals surface area (Å²) < 4.78 is 0. The summed E-state index contributed by atoms with van der Waals surface area (Å²) in [5, 5.41) is 17.0. The molecule has 0 radical (unpaired) electrons. The molecule has 1 aromatic carbocycles. The first-order valence-electron chi connectivity index (χ1n) is 4.47. The highest BCUT2D eigenvalue weighted by Gasteiger charge is 2.06. The number of nitrogens with one attached hydrogen (secondary N) is 1. The van der Waals surface area contributed by atoms with Crippen LogP contribution in [0.15, 0.2) is 24.3 Å². The first-order chi connectivity index (χ1) is 7.63. The predicted octanol–water partition coefficient (Wildman–Crippen LogP) is -0.0751. The number of carboxylic acid groups (broad SMARTS) is 1. The molecule has 0 unspecified atom stereocenters. The Bertz CT molecular complexity index is 373. The molecule has 86 valence electrons. The van der Waals surface area contributed by atoms with Crippen molar-refractivity contribution in [3.63, 3.8) is 0 Å². The van der Waals surface area contributed by atoms with Crippen molar-refractivity contribution < 1.29 is 24.6 Å². The summed E-state index contributed by atoms with van der Waals surface area (Å²) in [5.41, 5.74) is 2.99. The third-order valence-electron chi connectivity index (χ3n) is 1.76. The molecule has 6 nitrogen and oxygen atoms in total. The maximum atomic E-state index is 11.3. The number of hydrogen-bond acceptors (Lipinski definition) is 4. The summed E-state index contributed by atoms with van der Waals surface area (Å²) in [5.74, 6) is -1.71. The van der Waals surface area contributed by atoms with Crippen molar-refractivity contribution in [1.82, 2.24) is 5.48 Å². The van der Waals surface area contributed by atoms with Crippen molar-refractivity contribution in [2.45, 2.75) is 6.61 Å². The van der Waals surface area contributed by atoms with Gasteiger partial charge in [-0.25, -0.2) is 10.3 Å². The summed E-state index contributed by atoms with van der Waals surface area (Å²) in [6, 6.07) is 6.19. The van der Waals surface area contributed by atoms with E-state index in [0.29, 0.717) is 11.1 Å². The van der Waals surface area contributed by atoms with Gasteiger partial charge in [0.2, 0.25) is 0 Å². The van der Waals surface area contributed by atoms with Crippen molar-refractivity contribution in [2.75, 3.05) is 6.61 Å². The van der Waals surface area contributed by atoms with E-state index in [0.717, 1.165) is 0 Å². The Morgan fingerprint density at radius 2 is 1.88 bits per heavy atom. The minimum Gasteiger partial charge on any atom is -0.479 e. The molecule has 3 N–H and O–H groups in total. The highest BCUT2D eigenvalue weighted by Crippen LogP contribution is 2.03. The number of amides is 1. The number of hydroxylamine groups is 1. The van der Waals surface area contributed by atoms with Gasteiger partial charge in [0, 0.05) is 5.56 Å². The quantitative estimate of drug-likeness (QED) is 0.609. The van der Waals surface area contributed by atoms with Gasteiger partial charge in [-0.3, -0.25) is 9.63 Å². The molecule has 1 amide bonds. The second-order valence-electron chi connectivity index (χ2n) is 2.97. The van der Waals surface area contributed by atoms with Crippen LogP contribution in [0.5, 0.6) is 0 Å². The van der Waals surface area contributed by atoms with Gasteiger partial charge in [-0.05, 0) is 17.7 Å². The molecule has 0 aliphatic heterocycles. The molecule has 6 heteroatoms. The average Bonchev–Trinajstić information content (AvgIpc) is 2.28. The Hall–Kier alpha value is -1.92. The monoisotopic (exact) mass is 225 g/mol. The smallest absolute Gasteiger partial charge is 0.332 e. The highest BCUT2D eigenvalue weighted by atomic mass is 16.7. The van der Waals surface area contributed by atoms with E-state index in [1.165, 1.54) is 12.1 Å². The Labute approximate surface area is 91.4 Å². The SMILES string of the molecule is O=C(O)CONC(=O)c1ccc(CO)cc1. The van der Waals surface area contributed by atoms with Crippen molar-refractivity contribution in [3.8, 4) is 0 Å². The fourth-order valence-electron chi connectivity index (χ4n) is 0.984. The van der Waals surface area contributed by atoms with E-state index in [1.54, 1.807) is 12.1 Å². The van der Waals surface area contributed by atoms with Crippen LogP contribution in [0.2, 0.25) is 0 Å². The van der Waals surface area contributed by atoms with E-state index < -0.39 is 18.5 Å². The first-order valence-corrected chi connectivity index (χ1v) is 4.47. The van der Waals surface area contributed by atoms with E-state index in [9.17, 15) is 9.59 Å². The van der Waals surface area contributed by atoms with Crippen molar-refractivity contribution in [2.24, 2.45) is 0 Å². The number of aliphatic hydroxyl groups is 1. The van der Waals surface area contributed by atoms with Gasteiger partial charge in [-0.15, -0.1) is 0 Å². The lowest BCUT2D eigenvalue weighted by Crippen LogP contribution is -2.26. The number of aliphatic hydroxyl groups excluding tert-OH is 1. The molecular formula is C10H11NO5. The average molecular weight is 225 g/mol. The molecule has 0 saturated heterocycles. The number of benzene rings is 1. The molecule has 0 heterocycles. The van der Waals surface area contributed by atoms with Crippen LogP contribution in [0.3, 0.4) is 0 Å². The standard InChI is InChI=1S/C10H11NO5/c12-5-7-1-3-8(4-2-7)10(15)11-16-6-9(13)14/h1-4,12H,5-6H2,(H,11,15)(H,13,14). The molecule has 0 spiro atoms. The lowest BCUT2D eigenvalue weighted by molar-refractivity contribution is -0.144. The van der Waals surface area contributed by atoms with Gasteiger partial charge < -0.3 is 10.2 Å². The third kappa shape index (κ3) is 3.68. The molecule has 0 fully saturated rings. The van der Waals surface area contributed by atoms with E-state index >= 15 is 0 Å². The minimum atomic E-state index is -1.17. The Balaban J connectivity index is 2.49. The number of hydrogen-bond donors (Lipinski definition) is 3. The molecule has 1 rings (SSSR count). The topological polar surface area (TPSA) is 95.9 Å². The van der Waals surface area contributed by atoms with Crippen LogP contribution in [0.4, 0.5) is 0 Å². The molecule has 0 atom stereocenters. The van der Waals surface area contributed by atoms with Gasteiger partial charge in [0.1, 0.15) is 0 Å². The van der Waals surface area contributed by atoms with E-state index in [2.05, 4.69) is 4.84 Å². The fraction of sp³-hybridized carbons (Fsp3) is 0.200. The second kappa shape index (κ2) is 5.84. The Morgan fingerprint density at radius 1 is 1.25 bits per heavy atom. The molecule has 0 bridgehead atoms. The van der Waals surface area contributed by atoms with E-state index in [4.69, 9.17) is 10.2 Å². The normalized spacial score (nSPS) is 9.81. The zero-order valence-corrected chi connectivity index (χ0v) is 8.34. The van der Waals surface area contributed by atoms with Crippen LogP contribution < -0.4 is 5.48 Å². The van der Waals surface area contributed by atoms with Crippen molar-refractivity contribution in [3.05, 3.63) is 35.4 Å². The van der Waals surface area contributed by atoms with Gasteiger partial charge in [0.05, 0.1) is 6.61 Å². The Kier molecular flexibility index (Phi) is 4.43. The van der Waals surface area contributed by atoms with Crippen LogP contribution in [0, 0.1) is 0 Å². The van der Waals surface area contributed by atoms with Crippen molar-refractivity contribution >= 4 is 11.9 Å². The van der Waals surface area contributed by atoms with Gasteiger partial charge in [0.15, 0.2) is 6.61 Å². The summed E-state index contributed by atoms with van der Waals surface area (Å²) in [7, 11) is 0. The number of rotatable bonds is 5. The predicted molar refractivity (Wildman–Crippen MR) is 53.4 cm³/mol. The van der Waals surface area contributed by atoms with Crippen LogP contribution in [-0.4, -0.2) is 28.7 Å². The van der Waals surface area contributed by atoms with Crippen LogP contribution >= 0.6 is 0 Å². The van der Waals surface area contributed by atoms with Crippen LogP contribution in [-0.2, 0) is 16.2 Å². The fourth-order valence-corrected chi connectivity index (χ4v) is 0.984. The minimum absolute atomic E-state index is 0.0998. The zero-order valence-electron chi connectivity index (χ0n) is 8.34. The van der Waals surface area contributed by atoms with Crippen LogP contribution in [0.25, 0.3) is 0 Å². The van der Waals surface area contributed by atoms with E-state index in [1.807, 2.05) is 5.48 Å². The lowest BCUT2D eigenvalue weighted by Gasteiger charge is -2.04. The second-order valence-corrected chi connectivity index (χ2v) is 2.97. The van der Waals surface area contributed by atoms with Crippen molar-refractivity contribution in [1.29, 1.82) is 0 Å². The van der Waals surface area contributed by atoms with E-state index in [-0.39, 0.29) is 6.61 Å². The summed E-state index contributed by atoms with van der Waals surface area (Å²) in [4.78, 5) is 25.9. The highest BCUT2D eigenvalue weighted by molar-refractivity contribution is 5.93. The molecule has 16 heavy (non-hydrogen) atoms. The number of carboxylic acids is 1. The first kappa shape index (κ1) is 12.2. The third-order valence-corrected chi connectivity index (χ3v) is 1.76. The van der Waals surface area contributed by atoms with Gasteiger partial charge >= 0.3 is 5.97 Å². The number of carbonyl (C=O) groups excluding carboxylic acids is 1. The molecule has 0 aliphatic carbocycles. The van der Waals surface area contributed by atoms with Crippen LogP contribution in [0.1, 0.15) is 15.9 Å². The molecule has 0 aliphatic rings. The molecule has 1 aromatic rings. The zero-order chi connectivity index (χ0) is 12.0. The largest absolute Gasteiger partial charge is 0.479 e. The molecule has 0 aromatic heterocycles. The number of aliphatic carboxylic acids is 1. The molecule has 0 saturated carbocycles. The maximum absolute atomic E-state index is 11.3.